The number of rotatable bonds is 8. The van der Waals surface area contributed by atoms with E-state index in [1.165, 1.54) is 5.56 Å². The summed E-state index contributed by atoms with van der Waals surface area (Å²) in [5, 5.41) is 18.9. The Hall–Kier alpha value is -2.17. The molecule has 0 aliphatic carbocycles. The molecule has 0 heterocycles. The van der Waals surface area contributed by atoms with Crippen molar-refractivity contribution in [2.45, 2.75) is 32.5 Å². The molecule has 0 radical (unpaired) electrons. The van der Waals surface area contributed by atoms with Crippen LogP contribution in [0.25, 0.3) is 0 Å². The van der Waals surface area contributed by atoms with Crippen LogP contribution in [0.4, 0.5) is 0 Å². The van der Waals surface area contributed by atoms with Crippen LogP contribution >= 0.6 is 0 Å². The molecule has 0 saturated carbocycles. The summed E-state index contributed by atoms with van der Waals surface area (Å²) >= 11 is 0. The second-order valence-corrected chi connectivity index (χ2v) is 5.72. The summed E-state index contributed by atoms with van der Waals surface area (Å²) in [5.74, 6) is -0.918. The van der Waals surface area contributed by atoms with Crippen molar-refractivity contribution in [1.29, 1.82) is 0 Å². The molecule has 1 atom stereocenters. The van der Waals surface area contributed by atoms with Gasteiger partial charge in [-0.25, -0.2) is 4.79 Å². The van der Waals surface area contributed by atoms with Crippen LogP contribution in [0.2, 0.25) is 0 Å². The molecular formula is C19H23NO3. The van der Waals surface area contributed by atoms with Crippen molar-refractivity contribution in [1.82, 2.24) is 4.90 Å². The first-order valence-electron chi connectivity index (χ1n) is 7.85. The normalized spacial score (nSPS) is 12.3. The molecule has 23 heavy (non-hydrogen) atoms. The van der Waals surface area contributed by atoms with Crippen LogP contribution in [-0.4, -0.2) is 33.7 Å². The van der Waals surface area contributed by atoms with E-state index in [2.05, 4.69) is 17.0 Å². The van der Waals surface area contributed by atoms with E-state index in [9.17, 15) is 9.90 Å². The van der Waals surface area contributed by atoms with Gasteiger partial charge in [0.1, 0.15) is 0 Å². The average molecular weight is 313 g/mol. The third-order valence-corrected chi connectivity index (χ3v) is 3.80. The molecule has 122 valence electrons. The average Bonchev–Trinajstić information content (AvgIpc) is 2.56. The minimum atomic E-state index is -0.918. The molecule has 2 rings (SSSR count). The zero-order valence-corrected chi connectivity index (χ0v) is 13.4. The van der Waals surface area contributed by atoms with Crippen LogP contribution in [-0.2, 0) is 13.1 Å². The molecule has 2 N–H and O–H groups in total. The highest BCUT2D eigenvalue weighted by atomic mass is 16.4. The first kappa shape index (κ1) is 17.2. The molecule has 4 heteroatoms. The van der Waals surface area contributed by atoms with Gasteiger partial charge in [-0.1, -0.05) is 49.4 Å². The van der Waals surface area contributed by atoms with Gasteiger partial charge in [0.05, 0.1) is 11.7 Å². The van der Waals surface area contributed by atoms with Crippen molar-refractivity contribution in [3.63, 3.8) is 0 Å². The molecule has 0 fully saturated rings. The maximum Gasteiger partial charge on any atom is 0.335 e. The Labute approximate surface area is 137 Å². The summed E-state index contributed by atoms with van der Waals surface area (Å²) in [5.41, 5.74) is 2.52. The molecule has 2 aromatic carbocycles. The van der Waals surface area contributed by atoms with Crippen molar-refractivity contribution < 1.29 is 15.0 Å². The standard InChI is InChI=1S/C19H23NO3/c1-2-18(21)14-20(12-15-6-4-3-5-7-15)13-16-8-10-17(11-9-16)19(22)23/h3-11,18,21H,2,12-14H2,1H3,(H,22,23). The molecular weight excluding hydrogens is 290 g/mol. The monoisotopic (exact) mass is 313 g/mol. The minimum absolute atomic E-state index is 0.289. The number of nitrogens with zero attached hydrogens (tertiary/aromatic N) is 1. The van der Waals surface area contributed by atoms with Crippen LogP contribution in [0.5, 0.6) is 0 Å². The van der Waals surface area contributed by atoms with Gasteiger partial charge in [-0.15, -0.1) is 0 Å². The minimum Gasteiger partial charge on any atom is -0.478 e. The highest BCUT2D eigenvalue weighted by molar-refractivity contribution is 5.87. The summed E-state index contributed by atoms with van der Waals surface area (Å²) < 4.78 is 0. The molecule has 0 aliphatic rings. The molecule has 0 saturated heterocycles. The van der Waals surface area contributed by atoms with Crippen LogP contribution in [0, 0.1) is 0 Å². The number of carboxylic acids is 1. The predicted octanol–water partition coefficient (Wildman–Crippen LogP) is 3.16. The lowest BCUT2D eigenvalue weighted by molar-refractivity contribution is 0.0697. The highest BCUT2D eigenvalue weighted by Gasteiger charge is 2.12. The van der Waals surface area contributed by atoms with Gasteiger partial charge in [0.15, 0.2) is 0 Å². The zero-order chi connectivity index (χ0) is 16.7. The van der Waals surface area contributed by atoms with Gasteiger partial charge in [-0.2, -0.15) is 0 Å². The van der Waals surface area contributed by atoms with E-state index in [4.69, 9.17) is 5.11 Å². The van der Waals surface area contributed by atoms with Gasteiger partial charge in [0.2, 0.25) is 0 Å². The Morgan fingerprint density at radius 3 is 2.09 bits per heavy atom. The Morgan fingerprint density at radius 2 is 1.57 bits per heavy atom. The van der Waals surface area contributed by atoms with E-state index < -0.39 is 5.97 Å². The molecule has 2 aromatic rings. The number of carboxylic acid groups (broad SMARTS) is 1. The number of carbonyl (C=O) groups is 1. The van der Waals surface area contributed by atoms with Crippen molar-refractivity contribution in [2.75, 3.05) is 6.54 Å². The molecule has 0 aromatic heterocycles. The van der Waals surface area contributed by atoms with Gasteiger partial charge in [0.25, 0.3) is 0 Å². The van der Waals surface area contributed by atoms with Gasteiger partial charge >= 0.3 is 5.97 Å². The van der Waals surface area contributed by atoms with Crippen LogP contribution < -0.4 is 0 Å². The van der Waals surface area contributed by atoms with Gasteiger partial charge in [-0.3, -0.25) is 4.90 Å². The first-order valence-corrected chi connectivity index (χ1v) is 7.85. The van der Waals surface area contributed by atoms with Crippen LogP contribution in [0.3, 0.4) is 0 Å². The van der Waals surface area contributed by atoms with E-state index in [-0.39, 0.29) is 11.7 Å². The third-order valence-electron chi connectivity index (χ3n) is 3.80. The highest BCUT2D eigenvalue weighted by Crippen LogP contribution is 2.12. The van der Waals surface area contributed by atoms with E-state index in [1.54, 1.807) is 12.1 Å². The van der Waals surface area contributed by atoms with Crippen molar-refractivity contribution in [3.8, 4) is 0 Å². The molecule has 1 unspecified atom stereocenters. The van der Waals surface area contributed by atoms with Gasteiger partial charge < -0.3 is 10.2 Å². The zero-order valence-electron chi connectivity index (χ0n) is 13.4. The predicted molar refractivity (Wildman–Crippen MR) is 90.3 cm³/mol. The number of hydrogen-bond donors (Lipinski definition) is 2. The molecule has 0 bridgehead atoms. The fraction of sp³-hybridized carbons (Fsp3) is 0.316. The third kappa shape index (κ3) is 5.51. The largest absolute Gasteiger partial charge is 0.478 e. The van der Waals surface area contributed by atoms with Crippen molar-refractivity contribution in [2.24, 2.45) is 0 Å². The number of benzene rings is 2. The number of aliphatic hydroxyl groups excluding tert-OH is 1. The molecule has 4 nitrogen and oxygen atoms in total. The van der Waals surface area contributed by atoms with Crippen LogP contribution in [0.1, 0.15) is 34.8 Å². The lowest BCUT2D eigenvalue weighted by Gasteiger charge is -2.25. The maximum absolute atomic E-state index is 10.9. The number of aromatic carboxylic acids is 1. The Bertz CT molecular complexity index is 610. The summed E-state index contributed by atoms with van der Waals surface area (Å²) in [6, 6.07) is 17.0. The Balaban J connectivity index is 2.08. The number of aliphatic hydroxyl groups is 1. The molecule has 0 spiro atoms. The van der Waals surface area contributed by atoms with Crippen molar-refractivity contribution in [3.05, 3.63) is 71.3 Å². The summed E-state index contributed by atoms with van der Waals surface area (Å²) in [6.45, 7) is 3.98. The van der Waals surface area contributed by atoms with E-state index in [0.29, 0.717) is 19.5 Å². The Kier molecular flexibility index (Phi) is 6.32. The van der Waals surface area contributed by atoms with Gasteiger partial charge in [0, 0.05) is 19.6 Å². The fourth-order valence-corrected chi connectivity index (χ4v) is 2.46. The fourth-order valence-electron chi connectivity index (χ4n) is 2.46. The topological polar surface area (TPSA) is 60.8 Å². The van der Waals surface area contributed by atoms with Gasteiger partial charge in [-0.05, 0) is 29.7 Å². The summed E-state index contributed by atoms with van der Waals surface area (Å²) in [4.78, 5) is 13.1. The van der Waals surface area contributed by atoms with E-state index >= 15 is 0 Å². The smallest absolute Gasteiger partial charge is 0.335 e. The van der Waals surface area contributed by atoms with E-state index in [1.807, 2.05) is 37.3 Å². The van der Waals surface area contributed by atoms with E-state index in [0.717, 1.165) is 12.1 Å². The SMILES string of the molecule is CCC(O)CN(Cc1ccccc1)Cc1ccc(C(=O)O)cc1. The quantitative estimate of drug-likeness (QED) is 0.786. The Morgan fingerprint density at radius 1 is 1.00 bits per heavy atom. The summed E-state index contributed by atoms with van der Waals surface area (Å²) in [6.07, 6.45) is 0.348. The second kappa shape index (κ2) is 8.46. The molecule has 0 aliphatic heterocycles. The number of hydrogen-bond acceptors (Lipinski definition) is 3. The second-order valence-electron chi connectivity index (χ2n) is 5.72. The lowest BCUT2D eigenvalue weighted by Crippen LogP contribution is -2.31. The van der Waals surface area contributed by atoms with Crippen LogP contribution in [0.15, 0.2) is 54.6 Å². The molecule has 0 amide bonds. The maximum atomic E-state index is 10.9. The first-order chi connectivity index (χ1) is 11.1. The van der Waals surface area contributed by atoms with Crippen molar-refractivity contribution >= 4 is 5.97 Å². The summed E-state index contributed by atoms with van der Waals surface area (Å²) in [7, 11) is 0. The lowest BCUT2D eigenvalue weighted by atomic mass is 10.1.